The Bertz CT molecular complexity index is 617. The van der Waals surface area contributed by atoms with Gasteiger partial charge in [-0.2, -0.15) is 10.5 Å². The van der Waals surface area contributed by atoms with E-state index < -0.39 is 0 Å². The zero-order valence-corrected chi connectivity index (χ0v) is 9.51. The maximum Gasteiger partial charge on any atom is 0.252 e. The normalized spacial score (nSPS) is 9.44. The first-order valence-corrected chi connectivity index (χ1v) is 5.05. The van der Waals surface area contributed by atoms with Crippen molar-refractivity contribution in [3.63, 3.8) is 0 Å². The van der Waals surface area contributed by atoms with E-state index in [-0.39, 0.29) is 5.82 Å². The molecule has 0 radical (unpaired) electrons. The molecule has 0 unspecified atom stereocenters. The fourth-order valence-electron chi connectivity index (χ4n) is 1.21. The number of hydrogen-bond acceptors (Lipinski definition) is 4. The highest BCUT2D eigenvalue weighted by molar-refractivity contribution is 9.10. The Hall–Kier alpha value is -2.18. The minimum atomic E-state index is 0.0958. The van der Waals surface area contributed by atoms with E-state index in [1.807, 2.05) is 12.1 Å². The Morgan fingerprint density at radius 1 is 1.19 bits per heavy atom. The monoisotopic (exact) mass is 273 g/mol. The fourth-order valence-corrected chi connectivity index (χ4v) is 1.69. The van der Waals surface area contributed by atoms with E-state index in [9.17, 15) is 0 Å². The second-order valence-corrected chi connectivity index (χ2v) is 3.85. The molecule has 1 heterocycles. The van der Waals surface area contributed by atoms with Crippen LogP contribution in [0.1, 0.15) is 11.4 Å². The minimum Gasteiger partial charge on any atom is -0.220 e. The van der Waals surface area contributed by atoms with Crippen LogP contribution in [0.25, 0.3) is 5.69 Å². The van der Waals surface area contributed by atoms with Gasteiger partial charge in [0.05, 0.1) is 17.3 Å². The molecule has 0 spiro atoms. The Labute approximate surface area is 99.7 Å². The average molecular weight is 274 g/mol. The van der Waals surface area contributed by atoms with Crippen LogP contribution in [0, 0.1) is 22.7 Å². The highest BCUT2D eigenvalue weighted by atomic mass is 79.9. The summed E-state index contributed by atoms with van der Waals surface area (Å²) < 4.78 is 2.22. The molecule has 0 fully saturated rings. The predicted octanol–water partition coefficient (Wildman–Crippen LogP) is 1.77. The third-order valence-corrected chi connectivity index (χ3v) is 2.33. The number of benzene rings is 1. The van der Waals surface area contributed by atoms with Crippen molar-refractivity contribution < 1.29 is 0 Å². The molecule has 6 heteroatoms. The lowest BCUT2D eigenvalue weighted by atomic mass is 10.2. The summed E-state index contributed by atoms with van der Waals surface area (Å²) in [5.74, 6) is 0.0958. The lowest BCUT2D eigenvalue weighted by molar-refractivity contribution is 0.871. The third kappa shape index (κ3) is 1.92. The van der Waals surface area contributed by atoms with Gasteiger partial charge in [-0.25, -0.2) is 9.67 Å². The zero-order valence-electron chi connectivity index (χ0n) is 7.92. The van der Waals surface area contributed by atoms with Crippen LogP contribution in [0.3, 0.4) is 0 Å². The van der Waals surface area contributed by atoms with Gasteiger partial charge in [0, 0.05) is 4.47 Å². The summed E-state index contributed by atoms with van der Waals surface area (Å²) in [6, 6.07) is 9.04. The number of nitriles is 2. The minimum absolute atomic E-state index is 0.0958. The summed E-state index contributed by atoms with van der Waals surface area (Å²) in [4.78, 5) is 3.79. The van der Waals surface area contributed by atoms with Crippen LogP contribution < -0.4 is 0 Å². The van der Waals surface area contributed by atoms with Crippen LogP contribution in [0.2, 0.25) is 0 Å². The SMILES string of the molecule is N#Cc1cc(Br)cc(-n2cnc(C#N)n2)c1. The summed E-state index contributed by atoms with van der Waals surface area (Å²) in [6.07, 6.45) is 1.43. The molecule has 0 aliphatic heterocycles. The van der Waals surface area contributed by atoms with Gasteiger partial charge in [0.1, 0.15) is 12.4 Å². The van der Waals surface area contributed by atoms with Crippen molar-refractivity contribution in [2.75, 3.05) is 0 Å². The lowest BCUT2D eigenvalue weighted by Crippen LogP contribution is -1.96. The van der Waals surface area contributed by atoms with Gasteiger partial charge in [0.25, 0.3) is 5.82 Å². The van der Waals surface area contributed by atoms with Crippen molar-refractivity contribution in [3.05, 3.63) is 40.4 Å². The van der Waals surface area contributed by atoms with Crippen LogP contribution >= 0.6 is 15.9 Å². The quantitative estimate of drug-likeness (QED) is 0.793. The molecule has 5 nitrogen and oxygen atoms in total. The van der Waals surface area contributed by atoms with Crippen LogP contribution in [0.4, 0.5) is 0 Å². The van der Waals surface area contributed by atoms with Gasteiger partial charge in [0.15, 0.2) is 0 Å². The van der Waals surface area contributed by atoms with E-state index in [1.54, 1.807) is 18.2 Å². The molecule has 16 heavy (non-hydrogen) atoms. The van der Waals surface area contributed by atoms with Crippen molar-refractivity contribution >= 4 is 15.9 Å². The number of hydrogen-bond donors (Lipinski definition) is 0. The largest absolute Gasteiger partial charge is 0.252 e. The first kappa shape index (κ1) is 10.3. The molecule has 0 aliphatic carbocycles. The summed E-state index contributed by atoms with van der Waals surface area (Å²) in [6.45, 7) is 0. The van der Waals surface area contributed by atoms with Gasteiger partial charge >= 0.3 is 0 Å². The first-order valence-electron chi connectivity index (χ1n) is 4.26. The molecular formula is C10H4BrN5. The Morgan fingerprint density at radius 2 is 2.00 bits per heavy atom. The Morgan fingerprint density at radius 3 is 2.62 bits per heavy atom. The van der Waals surface area contributed by atoms with E-state index in [4.69, 9.17) is 10.5 Å². The van der Waals surface area contributed by atoms with Crippen molar-refractivity contribution in [1.82, 2.24) is 14.8 Å². The highest BCUT2D eigenvalue weighted by Crippen LogP contribution is 2.17. The molecule has 0 saturated heterocycles. The maximum absolute atomic E-state index is 8.82. The summed E-state index contributed by atoms with van der Waals surface area (Å²) in [5, 5.41) is 21.3. The second-order valence-electron chi connectivity index (χ2n) is 2.93. The summed E-state index contributed by atoms with van der Waals surface area (Å²) in [5.41, 5.74) is 1.19. The molecule has 1 aromatic carbocycles. The Balaban J connectivity index is 2.52. The Kier molecular flexibility index (Phi) is 2.67. The van der Waals surface area contributed by atoms with Crippen LogP contribution in [-0.2, 0) is 0 Å². The van der Waals surface area contributed by atoms with Crippen molar-refractivity contribution in [1.29, 1.82) is 10.5 Å². The molecule has 2 aromatic rings. The van der Waals surface area contributed by atoms with Gasteiger partial charge in [-0.05, 0) is 18.2 Å². The van der Waals surface area contributed by atoms with Crippen molar-refractivity contribution in [2.24, 2.45) is 0 Å². The molecule has 2 rings (SSSR count). The van der Waals surface area contributed by atoms with Gasteiger partial charge in [-0.15, -0.1) is 5.10 Å². The maximum atomic E-state index is 8.82. The van der Waals surface area contributed by atoms with E-state index in [0.29, 0.717) is 11.3 Å². The fraction of sp³-hybridized carbons (Fsp3) is 0. The summed E-state index contributed by atoms with van der Waals surface area (Å²) in [7, 11) is 0. The van der Waals surface area contributed by atoms with E-state index in [2.05, 4.69) is 26.0 Å². The molecule has 0 atom stereocenters. The van der Waals surface area contributed by atoms with Crippen LogP contribution in [-0.4, -0.2) is 14.8 Å². The van der Waals surface area contributed by atoms with Gasteiger partial charge in [0.2, 0.25) is 0 Å². The van der Waals surface area contributed by atoms with Gasteiger partial charge < -0.3 is 0 Å². The molecule has 76 valence electrons. The highest BCUT2D eigenvalue weighted by Gasteiger charge is 2.04. The first-order chi connectivity index (χ1) is 7.72. The number of halogens is 1. The zero-order chi connectivity index (χ0) is 11.5. The van der Waals surface area contributed by atoms with E-state index >= 15 is 0 Å². The van der Waals surface area contributed by atoms with Crippen LogP contribution in [0.5, 0.6) is 0 Å². The lowest BCUT2D eigenvalue weighted by Gasteiger charge is -2.01. The number of aromatic nitrogens is 3. The second kappa shape index (κ2) is 4.13. The van der Waals surface area contributed by atoms with Gasteiger partial charge in [-0.3, -0.25) is 0 Å². The topological polar surface area (TPSA) is 78.3 Å². The third-order valence-electron chi connectivity index (χ3n) is 1.87. The molecule has 0 aliphatic rings. The number of nitrogens with zero attached hydrogens (tertiary/aromatic N) is 5. The van der Waals surface area contributed by atoms with E-state index in [0.717, 1.165) is 4.47 Å². The predicted molar refractivity (Wildman–Crippen MR) is 58.5 cm³/mol. The summed E-state index contributed by atoms with van der Waals surface area (Å²) >= 11 is 3.30. The van der Waals surface area contributed by atoms with Gasteiger partial charge in [-0.1, -0.05) is 15.9 Å². The average Bonchev–Trinajstić information content (AvgIpc) is 2.76. The molecule has 0 N–H and O–H groups in total. The molecular weight excluding hydrogens is 270 g/mol. The molecule has 0 amide bonds. The van der Waals surface area contributed by atoms with Crippen LogP contribution in [0.15, 0.2) is 29.0 Å². The smallest absolute Gasteiger partial charge is 0.220 e. The standard InChI is InChI=1S/C10H4BrN5/c11-8-1-7(4-12)2-9(3-8)16-6-14-10(5-13)15-16/h1-3,6H. The molecule has 0 bridgehead atoms. The van der Waals surface area contributed by atoms with E-state index in [1.165, 1.54) is 11.0 Å². The molecule has 0 saturated carbocycles. The van der Waals surface area contributed by atoms with Crippen molar-refractivity contribution in [3.8, 4) is 17.8 Å². The van der Waals surface area contributed by atoms with Crippen molar-refractivity contribution in [2.45, 2.75) is 0 Å². The molecule has 1 aromatic heterocycles. The number of rotatable bonds is 1.